The highest BCUT2D eigenvalue weighted by Crippen LogP contribution is 2.30. The number of carbonyl (C=O) groups excluding carboxylic acids is 1. The molecule has 0 fully saturated rings. The third-order valence-corrected chi connectivity index (χ3v) is 3.77. The second-order valence-electron chi connectivity index (χ2n) is 5.36. The van der Waals surface area contributed by atoms with Crippen molar-refractivity contribution in [1.29, 1.82) is 0 Å². The number of halogens is 1. The van der Waals surface area contributed by atoms with E-state index in [1.54, 1.807) is 6.20 Å². The summed E-state index contributed by atoms with van der Waals surface area (Å²) in [5, 5.41) is 7.81. The number of hydrogen-bond donors (Lipinski definition) is 2. The Morgan fingerprint density at radius 3 is 2.70 bits per heavy atom. The molecule has 0 aliphatic rings. The summed E-state index contributed by atoms with van der Waals surface area (Å²) in [5.41, 5.74) is 4.53. The van der Waals surface area contributed by atoms with Crippen LogP contribution in [0.4, 0.5) is 17.1 Å². The minimum atomic E-state index is -0.0963. The van der Waals surface area contributed by atoms with Gasteiger partial charge in [0.25, 0.3) is 0 Å². The lowest BCUT2D eigenvalue weighted by Crippen LogP contribution is -2.06. The largest absolute Gasteiger partial charge is 0.355 e. The number of carbonyl (C=O) groups is 1. The third-order valence-electron chi connectivity index (χ3n) is 3.53. The van der Waals surface area contributed by atoms with Crippen molar-refractivity contribution in [1.82, 2.24) is 4.98 Å². The first-order valence-corrected chi connectivity index (χ1v) is 7.60. The number of anilines is 3. The number of nitrogens with zero attached hydrogens (tertiary/aromatic N) is 1. The number of aromatic nitrogens is 1. The first-order chi connectivity index (χ1) is 11.0. The van der Waals surface area contributed by atoms with Gasteiger partial charge in [0.1, 0.15) is 0 Å². The highest BCUT2D eigenvalue weighted by molar-refractivity contribution is 6.31. The molecule has 116 valence electrons. The van der Waals surface area contributed by atoms with Gasteiger partial charge in [-0.15, -0.1) is 0 Å². The van der Waals surface area contributed by atoms with E-state index < -0.39 is 0 Å². The van der Waals surface area contributed by atoms with E-state index in [2.05, 4.69) is 15.6 Å². The molecular weight excluding hydrogens is 310 g/mol. The van der Waals surface area contributed by atoms with Gasteiger partial charge < -0.3 is 10.6 Å². The second-order valence-corrected chi connectivity index (χ2v) is 5.79. The molecule has 1 amide bonds. The van der Waals surface area contributed by atoms with Crippen LogP contribution >= 0.6 is 11.6 Å². The normalized spacial score (nSPS) is 10.6. The van der Waals surface area contributed by atoms with Gasteiger partial charge in [0.05, 0.1) is 5.52 Å². The maximum Gasteiger partial charge on any atom is 0.221 e. The molecule has 0 atom stereocenters. The molecule has 0 unspecified atom stereocenters. The summed E-state index contributed by atoms with van der Waals surface area (Å²) < 4.78 is 0. The Morgan fingerprint density at radius 1 is 1.09 bits per heavy atom. The molecule has 4 nitrogen and oxygen atoms in total. The van der Waals surface area contributed by atoms with Gasteiger partial charge in [-0.25, -0.2) is 0 Å². The van der Waals surface area contributed by atoms with Gasteiger partial charge in [-0.1, -0.05) is 17.7 Å². The summed E-state index contributed by atoms with van der Waals surface area (Å²) in [7, 11) is 0. The molecule has 3 rings (SSSR count). The topological polar surface area (TPSA) is 54.0 Å². The maximum atomic E-state index is 11.2. The van der Waals surface area contributed by atoms with Crippen LogP contribution in [0.2, 0.25) is 5.02 Å². The highest BCUT2D eigenvalue weighted by Gasteiger charge is 2.06. The van der Waals surface area contributed by atoms with E-state index in [9.17, 15) is 4.79 Å². The van der Waals surface area contributed by atoms with Crippen LogP contribution in [0.25, 0.3) is 10.9 Å². The van der Waals surface area contributed by atoms with Crippen molar-refractivity contribution in [2.24, 2.45) is 0 Å². The van der Waals surface area contributed by atoms with Crippen LogP contribution in [0.15, 0.2) is 48.7 Å². The van der Waals surface area contributed by atoms with Crippen molar-refractivity contribution < 1.29 is 4.79 Å². The molecule has 23 heavy (non-hydrogen) atoms. The number of rotatable bonds is 3. The van der Waals surface area contributed by atoms with Gasteiger partial charge in [-0.2, -0.15) is 0 Å². The van der Waals surface area contributed by atoms with Crippen LogP contribution in [0, 0.1) is 6.92 Å². The smallest absolute Gasteiger partial charge is 0.221 e. The zero-order valence-electron chi connectivity index (χ0n) is 12.9. The Morgan fingerprint density at radius 2 is 1.91 bits per heavy atom. The zero-order chi connectivity index (χ0) is 16.4. The minimum Gasteiger partial charge on any atom is -0.355 e. The Bertz CT molecular complexity index is 893. The minimum absolute atomic E-state index is 0.0963. The van der Waals surface area contributed by atoms with Crippen LogP contribution in [-0.2, 0) is 4.79 Å². The van der Waals surface area contributed by atoms with E-state index >= 15 is 0 Å². The molecule has 1 aromatic heterocycles. The predicted octanol–water partition coefficient (Wildman–Crippen LogP) is 4.90. The number of fused-ring (bicyclic) bond motifs is 1. The quantitative estimate of drug-likeness (QED) is 0.720. The lowest BCUT2D eigenvalue weighted by atomic mass is 10.1. The summed E-state index contributed by atoms with van der Waals surface area (Å²) in [4.78, 5) is 15.6. The first kappa shape index (κ1) is 15.3. The molecule has 3 aromatic rings. The fourth-order valence-corrected chi connectivity index (χ4v) is 2.58. The Hall–Kier alpha value is -2.59. The second kappa shape index (κ2) is 6.26. The molecule has 0 radical (unpaired) electrons. The van der Waals surface area contributed by atoms with E-state index in [1.807, 2.05) is 49.4 Å². The summed E-state index contributed by atoms with van der Waals surface area (Å²) in [5.74, 6) is -0.0963. The van der Waals surface area contributed by atoms with Crippen LogP contribution in [0.1, 0.15) is 12.5 Å². The van der Waals surface area contributed by atoms with Crippen LogP contribution in [0.5, 0.6) is 0 Å². The summed E-state index contributed by atoms with van der Waals surface area (Å²) in [6.45, 7) is 3.50. The zero-order valence-corrected chi connectivity index (χ0v) is 13.6. The van der Waals surface area contributed by atoms with Crippen molar-refractivity contribution >= 4 is 45.5 Å². The monoisotopic (exact) mass is 325 g/mol. The fraction of sp³-hybridized carbons (Fsp3) is 0.111. The van der Waals surface area contributed by atoms with Crippen molar-refractivity contribution in [2.75, 3.05) is 10.6 Å². The Kier molecular flexibility index (Phi) is 4.17. The number of benzene rings is 2. The standard InChI is InChI=1S/C18H16ClN3O/c1-11-3-5-14(21-12(2)23)10-18(11)22-17-7-8-20-16-6-4-13(19)9-15(16)17/h3-10H,1-2H3,(H,20,22)(H,21,23). The van der Waals surface area contributed by atoms with Crippen molar-refractivity contribution in [2.45, 2.75) is 13.8 Å². The molecule has 5 heteroatoms. The molecule has 0 saturated heterocycles. The third kappa shape index (κ3) is 3.43. The van der Waals surface area contributed by atoms with Gasteiger partial charge in [-0.3, -0.25) is 9.78 Å². The molecule has 2 N–H and O–H groups in total. The lowest BCUT2D eigenvalue weighted by Gasteiger charge is -2.13. The molecule has 1 heterocycles. The number of nitrogens with one attached hydrogen (secondary N) is 2. The van der Waals surface area contributed by atoms with E-state index in [0.717, 1.165) is 33.5 Å². The molecule has 0 aliphatic carbocycles. The molecular formula is C18H16ClN3O. The maximum absolute atomic E-state index is 11.2. The molecule has 0 aliphatic heterocycles. The molecule has 0 saturated carbocycles. The number of amides is 1. The summed E-state index contributed by atoms with van der Waals surface area (Å²) >= 11 is 6.10. The lowest BCUT2D eigenvalue weighted by molar-refractivity contribution is -0.114. The molecule has 2 aromatic carbocycles. The van der Waals surface area contributed by atoms with Gasteiger partial charge in [0, 0.05) is 40.6 Å². The predicted molar refractivity (Wildman–Crippen MR) is 95.5 cm³/mol. The van der Waals surface area contributed by atoms with E-state index in [1.165, 1.54) is 6.92 Å². The van der Waals surface area contributed by atoms with Crippen LogP contribution in [0.3, 0.4) is 0 Å². The highest BCUT2D eigenvalue weighted by atomic mass is 35.5. The average Bonchev–Trinajstić information content (AvgIpc) is 2.50. The number of hydrogen-bond acceptors (Lipinski definition) is 3. The first-order valence-electron chi connectivity index (χ1n) is 7.22. The van der Waals surface area contributed by atoms with Crippen LogP contribution in [-0.4, -0.2) is 10.9 Å². The van der Waals surface area contributed by atoms with Gasteiger partial charge in [0.15, 0.2) is 0 Å². The number of aryl methyl sites for hydroxylation is 1. The van der Waals surface area contributed by atoms with Crippen molar-refractivity contribution in [3.05, 3.63) is 59.2 Å². The summed E-state index contributed by atoms with van der Waals surface area (Å²) in [6, 6.07) is 13.3. The van der Waals surface area contributed by atoms with Crippen molar-refractivity contribution in [3.63, 3.8) is 0 Å². The SMILES string of the molecule is CC(=O)Nc1ccc(C)c(Nc2ccnc3ccc(Cl)cc23)c1. The van der Waals surface area contributed by atoms with Crippen LogP contribution < -0.4 is 10.6 Å². The van der Waals surface area contributed by atoms with Gasteiger partial charge in [0.2, 0.25) is 5.91 Å². The van der Waals surface area contributed by atoms with Crippen molar-refractivity contribution in [3.8, 4) is 0 Å². The van der Waals surface area contributed by atoms with Gasteiger partial charge >= 0.3 is 0 Å². The van der Waals surface area contributed by atoms with E-state index in [-0.39, 0.29) is 5.91 Å². The average molecular weight is 326 g/mol. The van der Waals surface area contributed by atoms with E-state index in [4.69, 9.17) is 11.6 Å². The fourth-order valence-electron chi connectivity index (χ4n) is 2.41. The molecule has 0 bridgehead atoms. The van der Waals surface area contributed by atoms with Gasteiger partial charge in [-0.05, 0) is 48.9 Å². The Balaban J connectivity index is 2.02. The van der Waals surface area contributed by atoms with E-state index in [0.29, 0.717) is 5.02 Å². The Labute approximate surface area is 139 Å². The number of pyridine rings is 1. The molecule has 0 spiro atoms. The summed E-state index contributed by atoms with van der Waals surface area (Å²) in [6.07, 6.45) is 1.76.